The first-order chi connectivity index (χ1) is 13.0. The van der Waals surface area contributed by atoms with E-state index in [1.54, 1.807) is 30.3 Å². The van der Waals surface area contributed by atoms with Gasteiger partial charge in [0.1, 0.15) is 0 Å². The number of non-ortho nitro benzene ring substituents is 1. The number of nitrogens with one attached hydrogen (secondary N) is 1. The number of piperazine rings is 1. The van der Waals surface area contributed by atoms with Crippen LogP contribution in [-0.2, 0) is 4.79 Å². The van der Waals surface area contributed by atoms with Gasteiger partial charge in [0.05, 0.1) is 4.92 Å². The first kappa shape index (κ1) is 19.1. The van der Waals surface area contributed by atoms with E-state index >= 15 is 0 Å². The number of nitrogens with zero attached hydrogens (tertiary/aromatic N) is 3. The third kappa shape index (κ3) is 5.42. The fourth-order valence-electron chi connectivity index (χ4n) is 3.08. The highest BCUT2D eigenvalue weighted by molar-refractivity contribution is 6.30. The van der Waals surface area contributed by atoms with Crippen LogP contribution in [0.1, 0.15) is 6.42 Å². The lowest BCUT2D eigenvalue weighted by Crippen LogP contribution is -2.47. The van der Waals surface area contributed by atoms with Gasteiger partial charge in [-0.2, -0.15) is 0 Å². The van der Waals surface area contributed by atoms with Gasteiger partial charge in [-0.05, 0) is 24.3 Å². The lowest BCUT2D eigenvalue weighted by atomic mass is 10.2. The third-order valence-corrected chi connectivity index (χ3v) is 4.78. The SMILES string of the molecule is O=C(CCN1CCN(c2cccc([N+](=O)[O-])c2)CC1)Nc1cccc(Cl)c1. The summed E-state index contributed by atoms with van der Waals surface area (Å²) in [6, 6.07) is 13.8. The summed E-state index contributed by atoms with van der Waals surface area (Å²) >= 11 is 5.92. The van der Waals surface area contributed by atoms with Crippen LogP contribution in [0.5, 0.6) is 0 Å². The van der Waals surface area contributed by atoms with Gasteiger partial charge >= 0.3 is 0 Å². The molecule has 1 saturated heterocycles. The molecule has 0 bridgehead atoms. The van der Waals surface area contributed by atoms with E-state index in [9.17, 15) is 14.9 Å². The van der Waals surface area contributed by atoms with Crippen molar-refractivity contribution >= 4 is 34.6 Å². The second-order valence-corrected chi connectivity index (χ2v) is 6.85. The zero-order valence-corrected chi connectivity index (χ0v) is 15.6. The minimum absolute atomic E-state index is 0.0432. The van der Waals surface area contributed by atoms with Crippen LogP contribution < -0.4 is 10.2 Å². The predicted octanol–water partition coefficient (Wildman–Crippen LogP) is 3.40. The van der Waals surface area contributed by atoms with Crippen LogP contribution in [0.4, 0.5) is 17.1 Å². The average Bonchev–Trinajstić information content (AvgIpc) is 2.67. The van der Waals surface area contributed by atoms with Gasteiger partial charge in [0.15, 0.2) is 0 Å². The summed E-state index contributed by atoms with van der Waals surface area (Å²) in [7, 11) is 0. The molecule has 0 unspecified atom stereocenters. The minimum atomic E-state index is -0.377. The van der Waals surface area contributed by atoms with Gasteiger partial charge < -0.3 is 10.2 Å². The van der Waals surface area contributed by atoms with Crippen LogP contribution >= 0.6 is 11.6 Å². The molecule has 1 aliphatic heterocycles. The van der Waals surface area contributed by atoms with Crippen LogP contribution in [0, 0.1) is 10.1 Å². The number of rotatable bonds is 6. The molecule has 0 radical (unpaired) electrons. The Kier molecular flexibility index (Phi) is 6.26. The Labute approximate surface area is 162 Å². The summed E-state index contributed by atoms with van der Waals surface area (Å²) < 4.78 is 0. The summed E-state index contributed by atoms with van der Waals surface area (Å²) in [6.45, 7) is 3.85. The summed E-state index contributed by atoms with van der Waals surface area (Å²) in [5.74, 6) is -0.0432. The Morgan fingerprint density at radius 3 is 2.56 bits per heavy atom. The van der Waals surface area contributed by atoms with Gasteiger partial charge in [-0.1, -0.05) is 23.7 Å². The number of hydrogen-bond acceptors (Lipinski definition) is 5. The Morgan fingerprint density at radius 1 is 1.11 bits per heavy atom. The van der Waals surface area contributed by atoms with E-state index in [2.05, 4.69) is 15.1 Å². The fraction of sp³-hybridized carbons (Fsp3) is 0.316. The Balaban J connectivity index is 1.45. The Bertz CT molecular complexity index is 822. The predicted molar refractivity (Wildman–Crippen MR) is 106 cm³/mol. The molecule has 0 aromatic heterocycles. The van der Waals surface area contributed by atoms with Crippen LogP contribution in [0.2, 0.25) is 5.02 Å². The van der Waals surface area contributed by atoms with E-state index in [1.165, 1.54) is 6.07 Å². The highest BCUT2D eigenvalue weighted by Crippen LogP contribution is 2.22. The zero-order chi connectivity index (χ0) is 19.2. The number of carbonyl (C=O) groups is 1. The molecule has 1 aliphatic rings. The summed E-state index contributed by atoms with van der Waals surface area (Å²) in [5.41, 5.74) is 1.66. The molecule has 0 aliphatic carbocycles. The molecule has 0 atom stereocenters. The Morgan fingerprint density at radius 2 is 1.85 bits per heavy atom. The van der Waals surface area contributed by atoms with Crippen LogP contribution in [-0.4, -0.2) is 48.5 Å². The van der Waals surface area contributed by atoms with Gasteiger partial charge in [0.2, 0.25) is 5.91 Å². The summed E-state index contributed by atoms with van der Waals surface area (Å²) in [5, 5.41) is 14.4. The number of hydrogen-bond donors (Lipinski definition) is 1. The maximum atomic E-state index is 12.1. The topological polar surface area (TPSA) is 78.7 Å². The quantitative estimate of drug-likeness (QED) is 0.606. The third-order valence-electron chi connectivity index (χ3n) is 4.54. The van der Waals surface area contributed by atoms with Crippen LogP contribution in [0.3, 0.4) is 0 Å². The molecule has 27 heavy (non-hydrogen) atoms. The monoisotopic (exact) mass is 388 g/mol. The van der Waals surface area contributed by atoms with Gasteiger partial charge in [-0.3, -0.25) is 19.8 Å². The van der Waals surface area contributed by atoms with Crippen molar-refractivity contribution in [1.29, 1.82) is 0 Å². The number of anilines is 2. The highest BCUT2D eigenvalue weighted by atomic mass is 35.5. The largest absolute Gasteiger partial charge is 0.369 e. The van der Waals surface area contributed by atoms with Crippen LogP contribution in [0.15, 0.2) is 48.5 Å². The molecule has 3 rings (SSSR count). The average molecular weight is 389 g/mol. The second-order valence-electron chi connectivity index (χ2n) is 6.41. The van der Waals surface area contributed by atoms with Gasteiger partial charge in [-0.15, -0.1) is 0 Å². The fourth-order valence-corrected chi connectivity index (χ4v) is 3.27. The molecule has 0 saturated carbocycles. The summed E-state index contributed by atoms with van der Waals surface area (Å²) in [6.07, 6.45) is 0.406. The molecular weight excluding hydrogens is 368 g/mol. The zero-order valence-electron chi connectivity index (χ0n) is 14.8. The van der Waals surface area contributed by atoms with E-state index in [0.29, 0.717) is 23.7 Å². The lowest BCUT2D eigenvalue weighted by molar-refractivity contribution is -0.384. The maximum Gasteiger partial charge on any atom is 0.271 e. The lowest BCUT2D eigenvalue weighted by Gasteiger charge is -2.35. The molecule has 2 aromatic carbocycles. The van der Waals surface area contributed by atoms with E-state index < -0.39 is 0 Å². The molecule has 8 heteroatoms. The van der Waals surface area contributed by atoms with E-state index in [0.717, 1.165) is 31.9 Å². The number of carbonyl (C=O) groups excluding carboxylic acids is 1. The molecule has 142 valence electrons. The van der Waals surface area contributed by atoms with Crippen LogP contribution in [0.25, 0.3) is 0 Å². The van der Waals surface area contributed by atoms with Crippen molar-refractivity contribution in [2.45, 2.75) is 6.42 Å². The number of nitro groups is 1. The van der Waals surface area contributed by atoms with Gasteiger partial charge in [0.25, 0.3) is 5.69 Å². The summed E-state index contributed by atoms with van der Waals surface area (Å²) in [4.78, 5) is 27.0. The molecule has 7 nitrogen and oxygen atoms in total. The van der Waals surface area contributed by atoms with E-state index in [-0.39, 0.29) is 16.5 Å². The minimum Gasteiger partial charge on any atom is -0.369 e. The van der Waals surface area contributed by atoms with E-state index in [1.807, 2.05) is 12.1 Å². The molecule has 1 heterocycles. The van der Waals surface area contributed by atoms with Crippen molar-refractivity contribution in [3.63, 3.8) is 0 Å². The molecular formula is C19H21ClN4O3. The molecule has 1 fully saturated rings. The number of amides is 1. The molecule has 1 N–H and O–H groups in total. The Hall–Kier alpha value is -2.64. The van der Waals surface area contributed by atoms with Crippen molar-refractivity contribution in [2.24, 2.45) is 0 Å². The molecule has 0 spiro atoms. The van der Waals surface area contributed by atoms with Crippen molar-refractivity contribution in [2.75, 3.05) is 42.9 Å². The van der Waals surface area contributed by atoms with Crippen molar-refractivity contribution < 1.29 is 9.72 Å². The smallest absolute Gasteiger partial charge is 0.271 e. The molecule has 2 aromatic rings. The number of nitro benzene ring substituents is 1. The van der Waals surface area contributed by atoms with Gasteiger partial charge in [0, 0.05) is 67.7 Å². The van der Waals surface area contributed by atoms with Crippen molar-refractivity contribution in [3.05, 3.63) is 63.7 Å². The highest BCUT2D eigenvalue weighted by Gasteiger charge is 2.19. The van der Waals surface area contributed by atoms with E-state index in [4.69, 9.17) is 11.6 Å². The van der Waals surface area contributed by atoms with Crippen molar-refractivity contribution in [3.8, 4) is 0 Å². The first-order valence-corrected chi connectivity index (χ1v) is 9.16. The molecule has 1 amide bonds. The second kappa shape index (κ2) is 8.83. The van der Waals surface area contributed by atoms with Gasteiger partial charge in [-0.25, -0.2) is 0 Å². The number of halogens is 1. The normalized spacial score (nSPS) is 14.8. The standard InChI is InChI=1S/C19H21ClN4O3/c20-15-3-1-4-16(13-15)21-19(25)7-8-22-9-11-23(12-10-22)17-5-2-6-18(14-17)24(26)27/h1-6,13-14H,7-12H2,(H,21,25). The van der Waals surface area contributed by atoms with Crippen molar-refractivity contribution in [1.82, 2.24) is 4.90 Å². The first-order valence-electron chi connectivity index (χ1n) is 8.78. The number of benzene rings is 2. The maximum absolute atomic E-state index is 12.1.